The second-order valence-electron chi connectivity index (χ2n) is 3.80. The van der Waals surface area contributed by atoms with Gasteiger partial charge in [-0.1, -0.05) is 23.2 Å². The largest absolute Gasteiger partial charge is 0.394 e. The highest BCUT2D eigenvalue weighted by molar-refractivity contribution is 6.37. The lowest BCUT2D eigenvalue weighted by Gasteiger charge is -2.11. The molecule has 108 valence electrons. The highest BCUT2D eigenvalue weighted by atomic mass is 35.5. The number of aliphatic hydroxyl groups excluding tert-OH is 1. The zero-order valence-corrected chi connectivity index (χ0v) is 12.4. The summed E-state index contributed by atoms with van der Waals surface area (Å²) in [6.45, 7) is 4.39. The first-order chi connectivity index (χ1) is 9.19. The van der Waals surface area contributed by atoms with Crippen molar-refractivity contribution in [3.8, 4) is 0 Å². The summed E-state index contributed by atoms with van der Waals surface area (Å²) < 4.78 is 5.16. The number of hydrogen-bond donors (Lipinski definition) is 3. The molecule has 0 radical (unpaired) electrons. The zero-order chi connectivity index (χ0) is 14.1. The molecule has 0 aliphatic heterocycles. The Balaban J connectivity index is 2.46. The van der Waals surface area contributed by atoms with Gasteiger partial charge in [0, 0.05) is 19.7 Å². The Hall–Kier alpha value is -0.750. The summed E-state index contributed by atoms with van der Waals surface area (Å²) in [6, 6.07) is 1.67. The predicted octanol–water partition coefficient (Wildman–Crippen LogP) is 2.63. The third-order valence-corrected chi connectivity index (χ3v) is 2.84. The van der Waals surface area contributed by atoms with Gasteiger partial charge in [0.05, 0.1) is 23.3 Å². The molecule has 0 unspecified atom stereocenters. The average molecular weight is 308 g/mol. The fraction of sp³-hybridized carbons (Fsp3) is 0.583. The molecule has 0 aliphatic carbocycles. The van der Waals surface area contributed by atoms with Crippen LogP contribution in [0.1, 0.15) is 13.3 Å². The number of nitrogens with one attached hydrogen (secondary N) is 2. The lowest BCUT2D eigenvalue weighted by molar-refractivity contribution is 0.0922. The summed E-state index contributed by atoms with van der Waals surface area (Å²) >= 11 is 12.1. The second kappa shape index (κ2) is 9.20. The maximum absolute atomic E-state index is 8.56. The molecule has 0 aromatic carbocycles. The van der Waals surface area contributed by atoms with E-state index >= 15 is 0 Å². The fourth-order valence-corrected chi connectivity index (χ4v) is 1.92. The lowest BCUT2D eigenvalue weighted by Crippen LogP contribution is -2.10. The van der Waals surface area contributed by atoms with Gasteiger partial charge in [0.15, 0.2) is 0 Å². The Morgan fingerprint density at radius 1 is 1.21 bits per heavy atom. The highest BCUT2D eigenvalue weighted by Gasteiger charge is 2.08. The summed E-state index contributed by atoms with van der Waals surface area (Å²) in [5.41, 5.74) is 0. The molecule has 7 heteroatoms. The Labute approximate surface area is 123 Å². The van der Waals surface area contributed by atoms with E-state index in [-0.39, 0.29) is 6.61 Å². The predicted molar refractivity (Wildman–Crippen MR) is 79.4 cm³/mol. The van der Waals surface area contributed by atoms with Crippen LogP contribution in [-0.2, 0) is 4.74 Å². The number of anilines is 2. The van der Waals surface area contributed by atoms with Crippen LogP contribution < -0.4 is 10.6 Å². The molecular formula is C12H19Cl2N3O2. The maximum atomic E-state index is 8.56. The Bertz CT molecular complexity index is 391. The number of aromatic nitrogens is 1. The molecule has 1 aromatic heterocycles. The number of nitrogens with zero attached hydrogens (tertiary/aromatic N) is 1. The smallest absolute Gasteiger partial charge is 0.147 e. The molecule has 0 atom stereocenters. The van der Waals surface area contributed by atoms with Crippen molar-refractivity contribution >= 4 is 34.8 Å². The number of hydrogen-bond acceptors (Lipinski definition) is 5. The van der Waals surface area contributed by atoms with Crippen LogP contribution in [0.15, 0.2) is 6.07 Å². The molecule has 1 heterocycles. The third-order valence-electron chi connectivity index (χ3n) is 2.27. The molecule has 0 saturated carbocycles. The first-order valence-corrected chi connectivity index (χ1v) is 6.97. The van der Waals surface area contributed by atoms with Crippen molar-refractivity contribution in [2.24, 2.45) is 0 Å². The van der Waals surface area contributed by atoms with E-state index in [1.165, 1.54) is 0 Å². The summed E-state index contributed by atoms with van der Waals surface area (Å²) in [5.74, 6) is 1.22. The molecule has 5 nitrogen and oxygen atoms in total. The molecule has 19 heavy (non-hydrogen) atoms. The van der Waals surface area contributed by atoms with Gasteiger partial charge >= 0.3 is 0 Å². The van der Waals surface area contributed by atoms with Crippen molar-refractivity contribution in [2.45, 2.75) is 13.3 Å². The van der Waals surface area contributed by atoms with Crippen molar-refractivity contribution in [3.05, 3.63) is 16.1 Å². The van der Waals surface area contributed by atoms with Gasteiger partial charge in [0.25, 0.3) is 0 Å². The lowest BCUT2D eigenvalue weighted by atomic mass is 10.4. The van der Waals surface area contributed by atoms with Gasteiger partial charge in [0.2, 0.25) is 0 Å². The topological polar surface area (TPSA) is 66.4 Å². The minimum Gasteiger partial charge on any atom is -0.394 e. The van der Waals surface area contributed by atoms with E-state index in [0.717, 1.165) is 13.0 Å². The van der Waals surface area contributed by atoms with Crippen LogP contribution in [0.4, 0.5) is 11.6 Å². The van der Waals surface area contributed by atoms with Crippen LogP contribution in [0.3, 0.4) is 0 Å². The summed E-state index contributed by atoms with van der Waals surface area (Å²) in [4.78, 5) is 4.33. The standard InChI is InChI=1S/C12H19Cl2N3O2/c1-2-15-11-9(13)8-10(14)12(17-11)16-4-3-6-19-7-5-18/h8,18H,2-7H2,1H3,(H2,15,16,17). The minimum absolute atomic E-state index is 0.0457. The van der Waals surface area contributed by atoms with Gasteiger partial charge in [-0.2, -0.15) is 0 Å². The van der Waals surface area contributed by atoms with E-state index in [2.05, 4.69) is 15.6 Å². The number of pyridine rings is 1. The average Bonchev–Trinajstić information content (AvgIpc) is 2.38. The van der Waals surface area contributed by atoms with Crippen LogP contribution in [0.25, 0.3) is 0 Å². The summed E-state index contributed by atoms with van der Waals surface area (Å²) in [6.07, 6.45) is 0.803. The molecule has 0 saturated heterocycles. The van der Waals surface area contributed by atoms with Gasteiger partial charge in [0.1, 0.15) is 11.6 Å². The monoisotopic (exact) mass is 307 g/mol. The number of ether oxygens (including phenoxy) is 1. The minimum atomic E-state index is 0.0457. The molecule has 1 aromatic rings. The SMILES string of the molecule is CCNc1nc(NCCCOCCO)c(Cl)cc1Cl. The normalized spacial score (nSPS) is 10.5. The Morgan fingerprint density at radius 2 is 1.89 bits per heavy atom. The van der Waals surface area contributed by atoms with Gasteiger partial charge in [-0.3, -0.25) is 0 Å². The summed E-state index contributed by atoms with van der Waals surface area (Å²) in [7, 11) is 0. The Kier molecular flexibility index (Phi) is 7.90. The van der Waals surface area contributed by atoms with Gasteiger partial charge in [-0.15, -0.1) is 0 Å². The van der Waals surface area contributed by atoms with E-state index in [1.807, 2.05) is 6.92 Å². The molecule has 0 amide bonds. The molecular weight excluding hydrogens is 289 g/mol. The van der Waals surface area contributed by atoms with Crippen molar-refractivity contribution in [1.82, 2.24) is 4.98 Å². The van der Waals surface area contributed by atoms with Crippen molar-refractivity contribution < 1.29 is 9.84 Å². The summed E-state index contributed by atoms with van der Waals surface area (Å²) in [5, 5.41) is 15.7. The zero-order valence-electron chi connectivity index (χ0n) is 10.9. The highest BCUT2D eigenvalue weighted by Crippen LogP contribution is 2.28. The van der Waals surface area contributed by atoms with E-state index in [4.69, 9.17) is 33.0 Å². The molecule has 3 N–H and O–H groups in total. The first kappa shape index (κ1) is 16.3. The molecule has 0 spiro atoms. The number of halogens is 2. The van der Waals surface area contributed by atoms with Crippen LogP contribution >= 0.6 is 23.2 Å². The van der Waals surface area contributed by atoms with Crippen LogP contribution in [0.2, 0.25) is 10.0 Å². The van der Waals surface area contributed by atoms with Gasteiger partial charge in [-0.25, -0.2) is 4.98 Å². The number of rotatable bonds is 9. The van der Waals surface area contributed by atoms with E-state index in [0.29, 0.717) is 41.4 Å². The van der Waals surface area contributed by atoms with Crippen molar-refractivity contribution in [3.63, 3.8) is 0 Å². The van der Waals surface area contributed by atoms with Crippen LogP contribution in [-0.4, -0.2) is 43.0 Å². The third kappa shape index (κ3) is 5.82. The van der Waals surface area contributed by atoms with E-state index in [9.17, 15) is 0 Å². The van der Waals surface area contributed by atoms with Crippen molar-refractivity contribution in [2.75, 3.05) is 43.5 Å². The Morgan fingerprint density at radius 3 is 2.53 bits per heavy atom. The second-order valence-corrected chi connectivity index (χ2v) is 4.61. The molecule has 0 fully saturated rings. The quantitative estimate of drug-likeness (QED) is 0.612. The molecule has 0 bridgehead atoms. The fourth-order valence-electron chi connectivity index (χ4n) is 1.43. The maximum Gasteiger partial charge on any atom is 0.147 e. The van der Waals surface area contributed by atoms with Gasteiger partial charge < -0.3 is 20.5 Å². The van der Waals surface area contributed by atoms with Gasteiger partial charge in [-0.05, 0) is 19.4 Å². The van der Waals surface area contributed by atoms with Crippen LogP contribution in [0, 0.1) is 0 Å². The van der Waals surface area contributed by atoms with E-state index in [1.54, 1.807) is 6.07 Å². The molecule has 1 rings (SSSR count). The van der Waals surface area contributed by atoms with E-state index < -0.39 is 0 Å². The van der Waals surface area contributed by atoms with Crippen LogP contribution in [0.5, 0.6) is 0 Å². The first-order valence-electron chi connectivity index (χ1n) is 6.21. The molecule has 0 aliphatic rings. The number of aliphatic hydroxyl groups is 1. The van der Waals surface area contributed by atoms with Crippen molar-refractivity contribution in [1.29, 1.82) is 0 Å².